The molecule has 0 spiro atoms. The molecule has 1 aromatic heterocycles. The third-order valence-corrected chi connectivity index (χ3v) is 3.42. The zero-order valence-electron chi connectivity index (χ0n) is 10.4. The molecular weight excluding hydrogens is 198 g/mol. The average Bonchev–Trinajstić information content (AvgIpc) is 2.55. The Labute approximate surface area is 98.3 Å². The van der Waals surface area contributed by atoms with Crippen LogP contribution in [0, 0.1) is 0 Å². The van der Waals surface area contributed by atoms with Crippen molar-refractivity contribution in [2.75, 3.05) is 6.54 Å². The fourth-order valence-electron chi connectivity index (χ4n) is 2.46. The van der Waals surface area contributed by atoms with Crippen LogP contribution in [0.25, 0.3) is 0 Å². The zero-order valence-corrected chi connectivity index (χ0v) is 10.4. The second-order valence-corrected chi connectivity index (χ2v) is 5.13. The van der Waals surface area contributed by atoms with E-state index in [2.05, 4.69) is 28.7 Å². The van der Waals surface area contributed by atoms with Crippen molar-refractivity contribution in [3.63, 3.8) is 0 Å². The van der Waals surface area contributed by atoms with Gasteiger partial charge in [-0.2, -0.15) is 0 Å². The molecule has 1 unspecified atom stereocenters. The van der Waals surface area contributed by atoms with E-state index in [1.54, 1.807) is 0 Å². The first-order valence-corrected chi connectivity index (χ1v) is 6.51. The van der Waals surface area contributed by atoms with Gasteiger partial charge in [-0.05, 0) is 25.3 Å². The van der Waals surface area contributed by atoms with Crippen molar-refractivity contribution in [1.29, 1.82) is 0 Å². The highest BCUT2D eigenvalue weighted by Crippen LogP contribution is 2.16. The predicted molar refractivity (Wildman–Crippen MR) is 66.6 cm³/mol. The second-order valence-electron chi connectivity index (χ2n) is 5.13. The minimum atomic E-state index is 0.563. The van der Waals surface area contributed by atoms with E-state index in [9.17, 15) is 0 Å². The van der Waals surface area contributed by atoms with Crippen LogP contribution in [0.3, 0.4) is 0 Å². The van der Waals surface area contributed by atoms with Gasteiger partial charge >= 0.3 is 0 Å². The van der Waals surface area contributed by atoms with Crippen LogP contribution in [-0.2, 0) is 6.54 Å². The predicted octanol–water partition coefficient (Wildman–Crippen LogP) is 2.54. The molecule has 1 saturated heterocycles. The molecule has 0 radical (unpaired) electrons. The van der Waals surface area contributed by atoms with Gasteiger partial charge in [0.2, 0.25) is 0 Å². The quantitative estimate of drug-likeness (QED) is 0.850. The summed E-state index contributed by atoms with van der Waals surface area (Å²) in [5.74, 6) is 0.563. The number of imidazole rings is 1. The summed E-state index contributed by atoms with van der Waals surface area (Å²) < 4.78 is 2.31. The SMILES string of the molecule is CC(C)c1cncn1CC1CCCCCN1. The van der Waals surface area contributed by atoms with E-state index in [0.717, 1.165) is 6.54 Å². The first-order chi connectivity index (χ1) is 7.77. The highest BCUT2D eigenvalue weighted by Gasteiger charge is 2.14. The molecular formula is C13H23N3. The van der Waals surface area contributed by atoms with E-state index in [0.29, 0.717) is 12.0 Å². The number of rotatable bonds is 3. The molecule has 1 aromatic rings. The molecule has 2 heterocycles. The van der Waals surface area contributed by atoms with Gasteiger partial charge in [0, 0.05) is 24.5 Å². The van der Waals surface area contributed by atoms with Gasteiger partial charge in [-0.25, -0.2) is 4.98 Å². The van der Waals surface area contributed by atoms with Gasteiger partial charge in [-0.1, -0.05) is 26.7 Å². The maximum atomic E-state index is 4.27. The van der Waals surface area contributed by atoms with Crippen LogP contribution >= 0.6 is 0 Å². The molecule has 3 nitrogen and oxygen atoms in total. The smallest absolute Gasteiger partial charge is 0.0948 e. The van der Waals surface area contributed by atoms with Gasteiger partial charge in [-0.15, -0.1) is 0 Å². The Morgan fingerprint density at radius 1 is 1.44 bits per heavy atom. The van der Waals surface area contributed by atoms with Crippen LogP contribution in [0.15, 0.2) is 12.5 Å². The summed E-state index contributed by atoms with van der Waals surface area (Å²) in [5, 5.41) is 3.64. The molecule has 0 aliphatic carbocycles. The molecule has 2 rings (SSSR count). The molecule has 1 aliphatic heterocycles. The van der Waals surface area contributed by atoms with Crippen molar-refractivity contribution in [3.8, 4) is 0 Å². The first kappa shape index (κ1) is 11.6. The Morgan fingerprint density at radius 3 is 3.12 bits per heavy atom. The van der Waals surface area contributed by atoms with E-state index in [-0.39, 0.29) is 0 Å². The standard InChI is InChI=1S/C13H23N3/c1-11(2)13-8-14-10-16(13)9-12-6-4-3-5-7-15-12/h8,10-12,15H,3-7,9H2,1-2H3. The summed E-state index contributed by atoms with van der Waals surface area (Å²) >= 11 is 0. The monoisotopic (exact) mass is 221 g/mol. The normalized spacial score (nSPS) is 22.3. The van der Waals surface area contributed by atoms with Crippen LogP contribution in [0.4, 0.5) is 0 Å². The van der Waals surface area contributed by atoms with Crippen molar-refractivity contribution in [2.45, 2.75) is 58.0 Å². The number of nitrogens with one attached hydrogen (secondary N) is 1. The van der Waals surface area contributed by atoms with E-state index in [4.69, 9.17) is 0 Å². The van der Waals surface area contributed by atoms with Crippen molar-refractivity contribution >= 4 is 0 Å². The summed E-state index contributed by atoms with van der Waals surface area (Å²) in [7, 11) is 0. The molecule has 1 aliphatic rings. The molecule has 0 amide bonds. The average molecular weight is 221 g/mol. The van der Waals surface area contributed by atoms with Crippen LogP contribution in [0.1, 0.15) is 51.1 Å². The number of hydrogen-bond acceptors (Lipinski definition) is 2. The molecule has 0 aromatic carbocycles. The zero-order chi connectivity index (χ0) is 11.4. The van der Waals surface area contributed by atoms with E-state index >= 15 is 0 Å². The maximum absolute atomic E-state index is 4.27. The summed E-state index contributed by atoms with van der Waals surface area (Å²) in [6, 6.07) is 0.634. The Hall–Kier alpha value is -0.830. The lowest BCUT2D eigenvalue weighted by Gasteiger charge is -2.19. The molecule has 0 saturated carbocycles. The largest absolute Gasteiger partial charge is 0.333 e. The van der Waals surface area contributed by atoms with Crippen molar-refractivity contribution in [2.24, 2.45) is 0 Å². The van der Waals surface area contributed by atoms with Crippen LogP contribution in [0.5, 0.6) is 0 Å². The molecule has 16 heavy (non-hydrogen) atoms. The lowest BCUT2D eigenvalue weighted by atomic mass is 10.1. The van der Waals surface area contributed by atoms with Crippen LogP contribution < -0.4 is 5.32 Å². The first-order valence-electron chi connectivity index (χ1n) is 6.51. The minimum Gasteiger partial charge on any atom is -0.333 e. The van der Waals surface area contributed by atoms with E-state index < -0.39 is 0 Å². The van der Waals surface area contributed by atoms with Crippen LogP contribution in [0.2, 0.25) is 0 Å². The van der Waals surface area contributed by atoms with E-state index in [1.807, 2.05) is 12.5 Å². The summed E-state index contributed by atoms with van der Waals surface area (Å²) in [4.78, 5) is 4.27. The molecule has 3 heteroatoms. The van der Waals surface area contributed by atoms with Crippen molar-refractivity contribution in [1.82, 2.24) is 14.9 Å². The number of nitrogens with zero attached hydrogens (tertiary/aromatic N) is 2. The maximum Gasteiger partial charge on any atom is 0.0948 e. The van der Waals surface area contributed by atoms with Crippen LogP contribution in [-0.4, -0.2) is 22.1 Å². The Morgan fingerprint density at radius 2 is 2.31 bits per heavy atom. The molecule has 90 valence electrons. The topological polar surface area (TPSA) is 29.9 Å². The summed E-state index contributed by atoms with van der Waals surface area (Å²) in [6.45, 7) is 6.71. The summed E-state index contributed by atoms with van der Waals surface area (Å²) in [5.41, 5.74) is 1.35. The lowest BCUT2D eigenvalue weighted by Crippen LogP contribution is -2.32. The Kier molecular flexibility index (Phi) is 3.99. The fraction of sp³-hybridized carbons (Fsp3) is 0.769. The third-order valence-electron chi connectivity index (χ3n) is 3.42. The fourth-order valence-corrected chi connectivity index (χ4v) is 2.46. The molecule has 1 fully saturated rings. The molecule has 1 N–H and O–H groups in total. The minimum absolute atomic E-state index is 0.563. The lowest BCUT2D eigenvalue weighted by molar-refractivity contribution is 0.434. The van der Waals surface area contributed by atoms with Crippen molar-refractivity contribution in [3.05, 3.63) is 18.2 Å². The highest BCUT2D eigenvalue weighted by atomic mass is 15.1. The molecule has 1 atom stereocenters. The number of hydrogen-bond donors (Lipinski definition) is 1. The van der Waals surface area contributed by atoms with Gasteiger partial charge in [-0.3, -0.25) is 0 Å². The second kappa shape index (κ2) is 5.48. The van der Waals surface area contributed by atoms with Crippen molar-refractivity contribution < 1.29 is 0 Å². The van der Waals surface area contributed by atoms with Gasteiger partial charge in [0.15, 0.2) is 0 Å². The Bertz CT molecular complexity index is 309. The van der Waals surface area contributed by atoms with E-state index in [1.165, 1.54) is 37.9 Å². The Balaban J connectivity index is 1.99. The summed E-state index contributed by atoms with van der Waals surface area (Å²) in [6.07, 6.45) is 9.35. The molecule has 0 bridgehead atoms. The van der Waals surface area contributed by atoms with Gasteiger partial charge < -0.3 is 9.88 Å². The number of aromatic nitrogens is 2. The van der Waals surface area contributed by atoms with Gasteiger partial charge in [0.05, 0.1) is 6.33 Å². The highest BCUT2D eigenvalue weighted by molar-refractivity contribution is 5.04. The third kappa shape index (κ3) is 2.85. The van der Waals surface area contributed by atoms with Gasteiger partial charge in [0.25, 0.3) is 0 Å². The van der Waals surface area contributed by atoms with Gasteiger partial charge in [0.1, 0.15) is 0 Å².